The minimum Gasteiger partial charge on any atom is -0.490 e. The molecule has 4 heteroatoms. The van der Waals surface area contributed by atoms with Crippen LogP contribution >= 0.6 is 0 Å². The van der Waals surface area contributed by atoms with E-state index < -0.39 is 0 Å². The summed E-state index contributed by atoms with van der Waals surface area (Å²) in [6.45, 7) is 0. The number of likely N-dealkylation sites (N-methyl/N-ethyl adjacent to an activating group) is 1. The number of fused-ring (bicyclic) bond motifs is 3. The minimum atomic E-state index is -0.152. The van der Waals surface area contributed by atoms with Gasteiger partial charge in [0.2, 0.25) is 0 Å². The molecule has 0 saturated carbocycles. The first-order valence-corrected chi connectivity index (χ1v) is 7.59. The first-order chi connectivity index (χ1) is 10.2. The quantitative estimate of drug-likeness (QED) is 0.475. The molecule has 4 rings (SSSR count). The summed E-state index contributed by atoms with van der Waals surface area (Å²) >= 11 is 0. The van der Waals surface area contributed by atoms with Crippen LogP contribution in [0.15, 0.2) is 30.4 Å². The predicted octanol–water partition coefficient (Wildman–Crippen LogP) is 2.32. The molecule has 0 N–H and O–H groups in total. The van der Waals surface area contributed by atoms with E-state index in [-0.39, 0.29) is 12.1 Å². The average Bonchev–Trinajstić information content (AvgIpc) is 2.70. The molecule has 2 bridgehead atoms. The zero-order valence-corrected chi connectivity index (χ0v) is 12.1. The maximum Gasteiger partial charge on any atom is 0.311 e. The third kappa shape index (κ3) is 2.33. The Morgan fingerprint density at radius 2 is 1.95 bits per heavy atom. The number of aryl methyl sites for hydroxylation is 1. The largest absolute Gasteiger partial charge is 0.490 e. The van der Waals surface area contributed by atoms with Gasteiger partial charge in [-0.05, 0) is 25.1 Å². The van der Waals surface area contributed by atoms with Gasteiger partial charge < -0.3 is 9.47 Å². The molecule has 2 unspecified atom stereocenters. The zero-order chi connectivity index (χ0) is 14.4. The van der Waals surface area contributed by atoms with Crippen molar-refractivity contribution in [2.24, 2.45) is 0 Å². The summed E-state index contributed by atoms with van der Waals surface area (Å²) in [6.07, 6.45) is 8.04. The van der Waals surface area contributed by atoms with Gasteiger partial charge >= 0.3 is 5.97 Å². The fourth-order valence-corrected chi connectivity index (χ4v) is 3.51. The smallest absolute Gasteiger partial charge is 0.311 e. The first-order valence-electron chi connectivity index (χ1n) is 7.59. The monoisotopic (exact) mass is 285 g/mol. The molecule has 2 atom stereocenters. The second kappa shape index (κ2) is 4.88. The molecule has 3 aliphatic rings. The second-order valence-electron chi connectivity index (χ2n) is 6.14. The van der Waals surface area contributed by atoms with Crippen LogP contribution < -0.4 is 9.47 Å². The Bertz CT molecular complexity index is 594. The van der Waals surface area contributed by atoms with Crippen molar-refractivity contribution < 1.29 is 14.3 Å². The normalized spacial score (nSPS) is 30.9. The number of carbonyl (C=O) groups is 1. The highest BCUT2D eigenvalue weighted by atomic mass is 16.5. The predicted molar refractivity (Wildman–Crippen MR) is 78.5 cm³/mol. The lowest BCUT2D eigenvalue weighted by Crippen LogP contribution is -2.44. The molecule has 1 aromatic carbocycles. The average molecular weight is 285 g/mol. The van der Waals surface area contributed by atoms with E-state index in [2.05, 4.69) is 24.1 Å². The van der Waals surface area contributed by atoms with E-state index in [9.17, 15) is 4.79 Å². The number of benzene rings is 1. The van der Waals surface area contributed by atoms with Crippen molar-refractivity contribution in [3.63, 3.8) is 0 Å². The van der Waals surface area contributed by atoms with Crippen molar-refractivity contribution in [3.8, 4) is 11.5 Å². The SMILES string of the molecule is CN1C2C=CC1CC(Oc1ccc3c(c1)OC(=O)CC3)C2. The van der Waals surface area contributed by atoms with Crippen molar-refractivity contribution >= 4 is 5.97 Å². The molecule has 1 saturated heterocycles. The summed E-state index contributed by atoms with van der Waals surface area (Å²) in [6, 6.07) is 6.85. The topological polar surface area (TPSA) is 38.8 Å². The molecule has 4 nitrogen and oxygen atoms in total. The highest BCUT2D eigenvalue weighted by Crippen LogP contribution is 2.34. The zero-order valence-electron chi connectivity index (χ0n) is 12.1. The molecule has 1 fully saturated rings. The lowest BCUT2D eigenvalue weighted by Gasteiger charge is -2.36. The van der Waals surface area contributed by atoms with Crippen LogP contribution in [0.25, 0.3) is 0 Å². The van der Waals surface area contributed by atoms with Crippen molar-refractivity contribution in [1.82, 2.24) is 4.90 Å². The Hall–Kier alpha value is -1.81. The summed E-state index contributed by atoms with van der Waals surface area (Å²) in [5.74, 6) is 1.32. The van der Waals surface area contributed by atoms with Gasteiger partial charge in [0.1, 0.15) is 17.6 Å². The molecule has 110 valence electrons. The van der Waals surface area contributed by atoms with Crippen LogP contribution in [-0.2, 0) is 11.2 Å². The molecule has 0 radical (unpaired) electrons. The second-order valence-corrected chi connectivity index (χ2v) is 6.14. The van der Waals surface area contributed by atoms with Crippen molar-refractivity contribution in [1.29, 1.82) is 0 Å². The molecule has 0 aromatic heterocycles. The van der Waals surface area contributed by atoms with E-state index in [4.69, 9.17) is 9.47 Å². The standard InChI is InChI=1S/C17H19NO3/c1-18-12-4-5-13(18)9-15(8-12)20-14-6-2-11-3-7-17(19)21-16(11)10-14/h2,4-6,10,12-13,15H,3,7-9H2,1H3. The Balaban J connectivity index is 1.48. The van der Waals surface area contributed by atoms with Crippen LogP contribution in [0.2, 0.25) is 0 Å². The van der Waals surface area contributed by atoms with Crippen LogP contribution in [0, 0.1) is 0 Å². The summed E-state index contributed by atoms with van der Waals surface area (Å²) in [5.41, 5.74) is 1.09. The lowest BCUT2D eigenvalue weighted by molar-refractivity contribution is -0.135. The number of rotatable bonds is 2. The van der Waals surface area contributed by atoms with Crippen LogP contribution in [0.4, 0.5) is 0 Å². The Morgan fingerprint density at radius 1 is 1.19 bits per heavy atom. The molecule has 0 spiro atoms. The van der Waals surface area contributed by atoms with Crippen molar-refractivity contribution in [3.05, 3.63) is 35.9 Å². The molecular weight excluding hydrogens is 266 g/mol. The van der Waals surface area contributed by atoms with Crippen molar-refractivity contribution in [2.75, 3.05) is 7.05 Å². The molecule has 0 amide bonds. The van der Waals surface area contributed by atoms with Crippen LogP contribution in [0.1, 0.15) is 24.8 Å². The first kappa shape index (κ1) is 12.9. The summed E-state index contributed by atoms with van der Waals surface area (Å²) in [7, 11) is 2.17. The van der Waals surface area contributed by atoms with Gasteiger partial charge in [-0.15, -0.1) is 0 Å². The molecular formula is C17H19NO3. The van der Waals surface area contributed by atoms with Gasteiger partial charge in [0, 0.05) is 31.0 Å². The molecule has 3 heterocycles. The third-order valence-corrected chi connectivity index (χ3v) is 4.77. The van der Waals surface area contributed by atoms with E-state index in [1.165, 1.54) is 0 Å². The maximum absolute atomic E-state index is 11.4. The highest BCUT2D eigenvalue weighted by Gasteiger charge is 2.35. The summed E-state index contributed by atoms with van der Waals surface area (Å²) in [5, 5.41) is 0. The van der Waals surface area contributed by atoms with Crippen molar-refractivity contribution in [2.45, 2.75) is 43.9 Å². The number of esters is 1. The Kier molecular flexibility index (Phi) is 3.00. The van der Waals surface area contributed by atoms with Gasteiger partial charge in [-0.3, -0.25) is 9.69 Å². The lowest BCUT2D eigenvalue weighted by atomic mass is 9.99. The van der Waals surface area contributed by atoms with Gasteiger partial charge in [0.25, 0.3) is 0 Å². The number of piperidine rings is 1. The summed E-state index contributed by atoms with van der Waals surface area (Å²) in [4.78, 5) is 13.8. The van der Waals surface area contributed by atoms with Gasteiger partial charge in [-0.1, -0.05) is 18.2 Å². The Labute approximate surface area is 124 Å². The maximum atomic E-state index is 11.4. The number of carbonyl (C=O) groups excluding carboxylic acids is 1. The molecule has 1 aromatic rings. The van der Waals surface area contributed by atoms with E-state index >= 15 is 0 Å². The van der Waals surface area contributed by atoms with Gasteiger partial charge in [0.15, 0.2) is 0 Å². The van der Waals surface area contributed by atoms with Crippen LogP contribution in [0.5, 0.6) is 11.5 Å². The van der Waals surface area contributed by atoms with E-state index in [0.717, 1.165) is 30.6 Å². The molecule has 21 heavy (non-hydrogen) atoms. The number of nitrogens with zero attached hydrogens (tertiary/aromatic N) is 1. The Morgan fingerprint density at radius 3 is 2.71 bits per heavy atom. The number of ether oxygens (including phenoxy) is 2. The van der Waals surface area contributed by atoms with Crippen LogP contribution in [0.3, 0.4) is 0 Å². The van der Waals surface area contributed by atoms with Gasteiger partial charge in [0.05, 0.1) is 6.42 Å². The van der Waals surface area contributed by atoms with E-state index in [1.807, 2.05) is 18.2 Å². The van der Waals surface area contributed by atoms with E-state index in [0.29, 0.717) is 24.3 Å². The summed E-state index contributed by atoms with van der Waals surface area (Å²) < 4.78 is 11.4. The minimum absolute atomic E-state index is 0.152. The highest BCUT2D eigenvalue weighted by molar-refractivity contribution is 5.75. The van der Waals surface area contributed by atoms with Crippen LogP contribution in [-0.4, -0.2) is 36.1 Å². The molecule has 0 aliphatic carbocycles. The third-order valence-electron chi connectivity index (χ3n) is 4.77. The van der Waals surface area contributed by atoms with Gasteiger partial charge in [-0.2, -0.15) is 0 Å². The molecule has 3 aliphatic heterocycles. The van der Waals surface area contributed by atoms with E-state index in [1.54, 1.807) is 0 Å². The number of hydrogen-bond acceptors (Lipinski definition) is 4. The fraction of sp³-hybridized carbons (Fsp3) is 0.471. The van der Waals surface area contributed by atoms with Gasteiger partial charge in [-0.25, -0.2) is 0 Å². The number of hydrogen-bond donors (Lipinski definition) is 0. The fourth-order valence-electron chi connectivity index (χ4n) is 3.51.